The van der Waals surface area contributed by atoms with E-state index in [0.29, 0.717) is 6.42 Å². The first-order valence-electron chi connectivity index (χ1n) is 4.13. The van der Waals surface area contributed by atoms with Crippen LogP contribution in [0.4, 0.5) is 4.39 Å². The molecule has 0 heterocycles. The molecule has 1 aliphatic carbocycles. The number of allylic oxidation sites excluding steroid dienone is 2. The predicted molar refractivity (Wildman–Crippen MR) is 44.8 cm³/mol. The summed E-state index contributed by atoms with van der Waals surface area (Å²) < 4.78 is 11.9. The Labute approximate surface area is 67.5 Å². The van der Waals surface area contributed by atoms with Gasteiger partial charge in [0.25, 0.3) is 0 Å². The topological polar surface area (TPSA) is 0 Å². The van der Waals surface area contributed by atoms with Crippen molar-refractivity contribution in [1.29, 1.82) is 0 Å². The standard InChI is InChI=1S/C10H13F/c11-9-8-10-6-4-2-1-3-5-7-10/h2,4,10H,1,3,6,8-9H2. The maximum absolute atomic E-state index is 11.9. The Balaban J connectivity index is 2.41. The number of alkyl halides is 1. The van der Waals surface area contributed by atoms with Crippen molar-refractivity contribution in [3.05, 3.63) is 12.2 Å². The van der Waals surface area contributed by atoms with Gasteiger partial charge in [0, 0.05) is 12.3 Å². The van der Waals surface area contributed by atoms with Crippen LogP contribution in [0, 0.1) is 17.8 Å². The van der Waals surface area contributed by atoms with Gasteiger partial charge in [-0.25, -0.2) is 0 Å². The molecular weight excluding hydrogens is 139 g/mol. The first kappa shape index (κ1) is 8.33. The fraction of sp³-hybridized carbons (Fsp3) is 0.600. The highest BCUT2D eigenvalue weighted by Crippen LogP contribution is 2.11. The molecule has 0 spiro atoms. The molecule has 1 rings (SSSR count). The molecule has 0 aromatic heterocycles. The van der Waals surface area contributed by atoms with Gasteiger partial charge in [-0.3, -0.25) is 4.39 Å². The van der Waals surface area contributed by atoms with E-state index in [4.69, 9.17) is 0 Å². The number of hydrogen-bond donors (Lipinski definition) is 0. The summed E-state index contributed by atoms with van der Waals surface area (Å²) in [6.07, 6.45) is 7.76. The van der Waals surface area contributed by atoms with E-state index in [1.807, 2.05) is 0 Å². The summed E-state index contributed by atoms with van der Waals surface area (Å²) in [4.78, 5) is 0. The molecule has 0 saturated carbocycles. The van der Waals surface area contributed by atoms with Gasteiger partial charge in [-0.05, 0) is 19.3 Å². The van der Waals surface area contributed by atoms with Crippen LogP contribution >= 0.6 is 0 Å². The van der Waals surface area contributed by atoms with E-state index < -0.39 is 0 Å². The zero-order valence-corrected chi connectivity index (χ0v) is 6.65. The van der Waals surface area contributed by atoms with Crippen LogP contribution in [0.5, 0.6) is 0 Å². The molecule has 0 bridgehead atoms. The van der Waals surface area contributed by atoms with Crippen LogP contribution in [0.3, 0.4) is 0 Å². The van der Waals surface area contributed by atoms with E-state index in [9.17, 15) is 4.39 Å². The molecular formula is C10H13F. The summed E-state index contributed by atoms with van der Waals surface area (Å²) in [5.74, 6) is 6.40. The molecule has 0 radical (unpaired) electrons. The van der Waals surface area contributed by atoms with Crippen LogP contribution in [0.25, 0.3) is 0 Å². The van der Waals surface area contributed by atoms with Gasteiger partial charge < -0.3 is 0 Å². The van der Waals surface area contributed by atoms with Crippen molar-refractivity contribution in [3.8, 4) is 11.8 Å². The van der Waals surface area contributed by atoms with Crippen molar-refractivity contribution >= 4 is 0 Å². The fourth-order valence-corrected chi connectivity index (χ4v) is 1.13. The van der Waals surface area contributed by atoms with E-state index in [-0.39, 0.29) is 12.6 Å². The van der Waals surface area contributed by atoms with Gasteiger partial charge in [0.2, 0.25) is 0 Å². The molecule has 11 heavy (non-hydrogen) atoms. The fourth-order valence-electron chi connectivity index (χ4n) is 1.13. The molecule has 0 saturated heterocycles. The Kier molecular flexibility index (Phi) is 3.75. The lowest BCUT2D eigenvalue weighted by molar-refractivity contribution is 0.431. The van der Waals surface area contributed by atoms with Crippen molar-refractivity contribution in [2.75, 3.05) is 6.67 Å². The summed E-state index contributed by atoms with van der Waals surface area (Å²) in [6, 6.07) is 0. The normalized spacial score (nSPS) is 23.2. The van der Waals surface area contributed by atoms with E-state index >= 15 is 0 Å². The van der Waals surface area contributed by atoms with Crippen molar-refractivity contribution < 1.29 is 4.39 Å². The van der Waals surface area contributed by atoms with E-state index in [1.165, 1.54) is 0 Å². The third-order valence-electron chi connectivity index (χ3n) is 1.79. The summed E-state index contributed by atoms with van der Waals surface area (Å²) in [7, 11) is 0. The van der Waals surface area contributed by atoms with Crippen molar-refractivity contribution in [2.24, 2.45) is 5.92 Å². The highest BCUT2D eigenvalue weighted by Gasteiger charge is 2.02. The summed E-state index contributed by atoms with van der Waals surface area (Å²) in [5.41, 5.74) is 0. The minimum atomic E-state index is -0.243. The number of hydrogen-bond acceptors (Lipinski definition) is 0. The summed E-state index contributed by atoms with van der Waals surface area (Å²) >= 11 is 0. The van der Waals surface area contributed by atoms with E-state index in [2.05, 4.69) is 24.0 Å². The molecule has 0 aliphatic heterocycles. The lowest BCUT2D eigenvalue weighted by Crippen LogP contribution is -1.97. The smallest absolute Gasteiger partial charge is 0.0906 e. The van der Waals surface area contributed by atoms with Gasteiger partial charge >= 0.3 is 0 Å². The Morgan fingerprint density at radius 2 is 2.36 bits per heavy atom. The van der Waals surface area contributed by atoms with Gasteiger partial charge in [-0.15, -0.1) is 5.92 Å². The Morgan fingerprint density at radius 1 is 1.45 bits per heavy atom. The van der Waals surface area contributed by atoms with E-state index in [0.717, 1.165) is 19.3 Å². The van der Waals surface area contributed by atoms with Crippen molar-refractivity contribution in [1.82, 2.24) is 0 Å². The molecule has 0 N–H and O–H groups in total. The van der Waals surface area contributed by atoms with Crippen molar-refractivity contribution in [3.63, 3.8) is 0 Å². The third-order valence-corrected chi connectivity index (χ3v) is 1.79. The largest absolute Gasteiger partial charge is 0.251 e. The molecule has 0 nitrogen and oxygen atoms in total. The summed E-state index contributed by atoms with van der Waals surface area (Å²) in [5, 5.41) is 0. The van der Waals surface area contributed by atoms with Gasteiger partial charge in [0.05, 0.1) is 6.67 Å². The van der Waals surface area contributed by atoms with Gasteiger partial charge in [-0.2, -0.15) is 0 Å². The molecule has 1 aliphatic rings. The molecule has 1 atom stereocenters. The summed E-state index contributed by atoms with van der Waals surface area (Å²) in [6.45, 7) is -0.243. The Morgan fingerprint density at radius 3 is 3.18 bits per heavy atom. The molecule has 0 aromatic rings. The predicted octanol–water partition coefficient (Wildman–Crippen LogP) is 2.71. The molecule has 1 unspecified atom stereocenters. The zero-order valence-electron chi connectivity index (χ0n) is 6.65. The van der Waals surface area contributed by atoms with Crippen LogP contribution < -0.4 is 0 Å². The molecule has 1 heteroatoms. The average Bonchev–Trinajstić information content (AvgIpc) is 1.94. The average molecular weight is 152 g/mol. The molecule has 0 aromatic carbocycles. The van der Waals surface area contributed by atoms with Crippen molar-refractivity contribution in [2.45, 2.75) is 25.7 Å². The quantitative estimate of drug-likeness (QED) is 0.421. The van der Waals surface area contributed by atoms with Crippen LogP contribution in [0.2, 0.25) is 0 Å². The van der Waals surface area contributed by atoms with Gasteiger partial charge in [-0.1, -0.05) is 18.1 Å². The first-order valence-corrected chi connectivity index (χ1v) is 4.13. The monoisotopic (exact) mass is 152 g/mol. The highest BCUT2D eigenvalue weighted by atomic mass is 19.1. The lowest BCUT2D eigenvalue weighted by Gasteiger charge is -2.05. The Hall–Kier alpha value is -0.770. The zero-order chi connectivity index (χ0) is 7.94. The second-order valence-corrected chi connectivity index (χ2v) is 2.74. The number of halogens is 1. The first-order chi connectivity index (χ1) is 5.43. The second kappa shape index (κ2) is 4.96. The van der Waals surface area contributed by atoms with Crippen LogP contribution in [0.1, 0.15) is 25.7 Å². The highest BCUT2D eigenvalue weighted by molar-refractivity contribution is 5.08. The van der Waals surface area contributed by atoms with Crippen LogP contribution in [-0.4, -0.2) is 6.67 Å². The third kappa shape index (κ3) is 3.23. The Bertz CT molecular complexity index is 183. The van der Waals surface area contributed by atoms with Crippen LogP contribution in [-0.2, 0) is 0 Å². The SMILES string of the molecule is FCCC1C#CCCC=CC1. The molecule has 60 valence electrons. The minimum Gasteiger partial charge on any atom is -0.251 e. The van der Waals surface area contributed by atoms with Gasteiger partial charge in [0.1, 0.15) is 0 Å². The maximum atomic E-state index is 11.9. The lowest BCUT2D eigenvalue weighted by atomic mass is 10.0. The molecule has 0 amide bonds. The minimum absolute atomic E-state index is 0.243. The molecule has 0 fully saturated rings. The maximum Gasteiger partial charge on any atom is 0.0906 e. The van der Waals surface area contributed by atoms with E-state index in [1.54, 1.807) is 0 Å². The van der Waals surface area contributed by atoms with Crippen LogP contribution in [0.15, 0.2) is 12.2 Å². The second-order valence-electron chi connectivity index (χ2n) is 2.74. The number of rotatable bonds is 2. The van der Waals surface area contributed by atoms with Gasteiger partial charge in [0.15, 0.2) is 0 Å².